The maximum absolute atomic E-state index is 13.5. The molecule has 0 N–H and O–H groups in total. The molecule has 0 spiro atoms. The van der Waals surface area contributed by atoms with Crippen molar-refractivity contribution in [3.8, 4) is 5.75 Å². The van der Waals surface area contributed by atoms with Gasteiger partial charge in [-0.05, 0) is 67.9 Å². The molecule has 0 radical (unpaired) electrons. The summed E-state index contributed by atoms with van der Waals surface area (Å²) in [6.45, 7) is 5.99. The second-order valence-electron chi connectivity index (χ2n) is 11.1. The van der Waals surface area contributed by atoms with Gasteiger partial charge in [0, 0.05) is 44.7 Å². The summed E-state index contributed by atoms with van der Waals surface area (Å²) in [6, 6.07) is 11.4. The number of benzene rings is 2. The monoisotopic (exact) mass is 557 g/mol. The van der Waals surface area contributed by atoms with Crippen LogP contribution in [-0.4, -0.2) is 66.1 Å². The molecule has 5 rings (SSSR count). The minimum Gasteiger partial charge on any atom is -0.406 e. The number of hydrogen-bond acceptors (Lipinski definition) is 4. The topological polar surface area (TPSA) is 70.2 Å². The van der Waals surface area contributed by atoms with E-state index in [2.05, 4.69) is 4.74 Å². The normalized spacial score (nSPS) is 23.0. The molecule has 3 aliphatic rings. The third-order valence-corrected chi connectivity index (χ3v) is 8.38. The molecule has 0 aliphatic carbocycles. The van der Waals surface area contributed by atoms with Gasteiger partial charge in [-0.3, -0.25) is 14.4 Å². The number of carbonyl (C=O) groups is 3. The van der Waals surface area contributed by atoms with Crippen LogP contribution in [0.4, 0.5) is 18.9 Å². The van der Waals surface area contributed by atoms with Gasteiger partial charge in [0.15, 0.2) is 0 Å². The van der Waals surface area contributed by atoms with Crippen LogP contribution in [0.3, 0.4) is 0 Å². The van der Waals surface area contributed by atoms with E-state index in [4.69, 9.17) is 0 Å². The molecular weight excluding hydrogens is 523 g/mol. The van der Waals surface area contributed by atoms with Gasteiger partial charge in [-0.15, -0.1) is 13.2 Å². The van der Waals surface area contributed by atoms with E-state index >= 15 is 0 Å². The van der Waals surface area contributed by atoms with Gasteiger partial charge >= 0.3 is 6.36 Å². The maximum Gasteiger partial charge on any atom is 0.573 e. The number of likely N-dealkylation sites (tertiary alicyclic amines) is 2. The highest BCUT2D eigenvalue weighted by atomic mass is 19.4. The van der Waals surface area contributed by atoms with E-state index in [0.717, 1.165) is 35.2 Å². The molecule has 2 aromatic rings. The number of aryl methyl sites for hydroxylation is 3. The van der Waals surface area contributed by atoms with Gasteiger partial charge in [0.1, 0.15) is 5.75 Å². The summed E-state index contributed by atoms with van der Waals surface area (Å²) in [6.07, 6.45) is -2.12. The van der Waals surface area contributed by atoms with Gasteiger partial charge in [0.25, 0.3) is 0 Å². The SMILES string of the molecule is Cc1cccc(C)c1N1CC(C(=O)N2C[C@H]3CCCN(C(=O)CCc4ccc(OC(F)(F)F)cc4)[C@H]3C2)CC1=O. The average Bonchev–Trinajstić information content (AvgIpc) is 3.50. The Hall–Kier alpha value is -3.56. The zero-order chi connectivity index (χ0) is 28.6. The lowest BCUT2D eigenvalue weighted by molar-refractivity contribution is -0.274. The van der Waals surface area contributed by atoms with E-state index in [9.17, 15) is 27.6 Å². The molecule has 3 atom stereocenters. The zero-order valence-electron chi connectivity index (χ0n) is 22.7. The molecule has 0 aromatic heterocycles. The Balaban J connectivity index is 1.18. The van der Waals surface area contributed by atoms with E-state index in [0.29, 0.717) is 32.6 Å². The Bertz CT molecular complexity index is 1260. The molecular formula is C30H34F3N3O4. The lowest BCUT2D eigenvalue weighted by Gasteiger charge is -2.37. The maximum atomic E-state index is 13.5. The average molecular weight is 558 g/mol. The van der Waals surface area contributed by atoms with Crippen LogP contribution in [-0.2, 0) is 20.8 Å². The van der Waals surface area contributed by atoms with E-state index < -0.39 is 12.3 Å². The first kappa shape index (κ1) is 28.0. The van der Waals surface area contributed by atoms with Gasteiger partial charge in [0.05, 0.1) is 12.0 Å². The van der Waals surface area contributed by atoms with Gasteiger partial charge in [-0.1, -0.05) is 30.3 Å². The molecule has 3 aliphatic heterocycles. The minimum atomic E-state index is -4.74. The zero-order valence-corrected chi connectivity index (χ0v) is 22.7. The molecule has 3 amide bonds. The number of nitrogens with zero attached hydrogens (tertiary/aromatic N) is 3. The largest absolute Gasteiger partial charge is 0.573 e. The van der Waals surface area contributed by atoms with Crippen LogP contribution in [0.5, 0.6) is 5.75 Å². The predicted molar refractivity (Wildman–Crippen MR) is 143 cm³/mol. The van der Waals surface area contributed by atoms with Crippen molar-refractivity contribution in [3.05, 3.63) is 59.2 Å². The smallest absolute Gasteiger partial charge is 0.406 e. The second kappa shape index (κ2) is 11.1. The van der Waals surface area contributed by atoms with Crippen LogP contribution in [0.2, 0.25) is 0 Å². The van der Waals surface area contributed by atoms with Gasteiger partial charge in [-0.25, -0.2) is 0 Å². The molecule has 0 bridgehead atoms. The van der Waals surface area contributed by atoms with Crippen LogP contribution in [0, 0.1) is 25.7 Å². The fourth-order valence-electron chi connectivity index (χ4n) is 6.50. The fourth-order valence-corrected chi connectivity index (χ4v) is 6.50. The third-order valence-electron chi connectivity index (χ3n) is 8.38. The lowest BCUT2D eigenvalue weighted by atomic mass is 9.91. The summed E-state index contributed by atoms with van der Waals surface area (Å²) in [5.41, 5.74) is 3.65. The number of anilines is 1. The van der Waals surface area contributed by atoms with Crippen molar-refractivity contribution in [1.82, 2.24) is 9.80 Å². The van der Waals surface area contributed by atoms with Crippen molar-refractivity contribution in [2.75, 3.05) is 31.1 Å². The van der Waals surface area contributed by atoms with Crippen LogP contribution < -0.4 is 9.64 Å². The van der Waals surface area contributed by atoms with Crippen molar-refractivity contribution in [1.29, 1.82) is 0 Å². The first-order valence-corrected chi connectivity index (χ1v) is 13.8. The minimum absolute atomic E-state index is 0.0168. The number of hydrogen-bond donors (Lipinski definition) is 0. The highest BCUT2D eigenvalue weighted by molar-refractivity contribution is 6.01. The molecule has 40 heavy (non-hydrogen) atoms. The highest BCUT2D eigenvalue weighted by Gasteiger charge is 2.45. The van der Waals surface area contributed by atoms with Crippen molar-refractivity contribution >= 4 is 23.4 Å². The number of fused-ring (bicyclic) bond motifs is 1. The Morgan fingerprint density at radius 1 is 1.00 bits per heavy atom. The standard InChI is InChI=1S/C30H34F3N3O4/c1-19-5-3-6-20(2)28(19)36-17-23(15-27(36)38)29(39)34-16-22-7-4-14-35(25(22)18-34)26(37)13-10-21-8-11-24(12-9-21)40-30(31,32)33/h3,5-6,8-9,11-12,22-23,25H,4,7,10,13-18H2,1-2H3/t22-,23?,25+/m1/s1. The Morgan fingerprint density at radius 3 is 2.38 bits per heavy atom. The van der Waals surface area contributed by atoms with Crippen molar-refractivity contribution in [3.63, 3.8) is 0 Å². The van der Waals surface area contributed by atoms with Crippen molar-refractivity contribution in [2.24, 2.45) is 11.8 Å². The number of para-hydroxylation sites is 1. The summed E-state index contributed by atoms with van der Waals surface area (Å²) >= 11 is 0. The molecule has 3 fully saturated rings. The number of ether oxygens (including phenoxy) is 1. The van der Waals surface area contributed by atoms with E-state index in [1.54, 1.807) is 4.90 Å². The van der Waals surface area contributed by atoms with Gasteiger partial charge < -0.3 is 19.4 Å². The molecule has 2 aromatic carbocycles. The first-order valence-electron chi connectivity index (χ1n) is 13.8. The van der Waals surface area contributed by atoms with Crippen LogP contribution >= 0.6 is 0 Å². The number of amides is 3. The number of piperidine rings is 1. The molecule has 1 unspecified atom stereocenters. The second-order valence-corrected chi connectivity index (χ2v) is 11.1. The summed E-state index contributed by atoms with van der Waals surface area (Å²) in [5.74, 6) is -0.574. The van der Waals surface area contributed by atoms with Gasteiger partial charge in [0.2, 0.25) is 17.7 Å². The highest BCUT2D eigenvalue weighted by Crippen LogP contribution is 2.35. The molecule has 0 saturated carbocycles. The Labute approximate surface area is 231 Å². The van der Waals surface area contributed by atoms with Crippen LogP contribution in [0.1, 0.15) is 42.4 Å². The Morgan fingerprint density at radius 2 is 1.70 bits per heavy atom. The molecule has 10 heteroatoms. The summed E-state index contributed by atoms with van der Waals surface area (Å²) in [7, 11) is 0. The van der Waals surface area contributed by atoms with Crippen molar-refractivity contribution < 1.29 is 32.3 Å². The van der Waals surface area contributed by atoms with Gasteiger partial charge in [-0.2, -0.15) is 0 Å². The van der Waals surface area contributed by atoms with E-state index in [1.807, 2.05) is 41.8 Å². The third kappa shape index (κ3) is 5.95. The molecule has 7 nitrogen and oxygen atoms in total. The molecule has 3 saturated heterocycles. The summed E-state index contributed by atoms with van der Waals surface area (Å²) < 4.78 is 41.1. The van der Waals surface area contributed by atoms with Crippen molar-refractivity contribution in [2.45, 2.75) is 58.4 Å². The molecule has 3 heterocycles. The predicted octanol–water partition coefficient (Wildman–Crippen LogP) is 4.64. The quantitative estimate of drug-likeness (QED) is 0.519. The fraction of sp³-hybridized carbons (Fsp3) is 0.500. The number of carbonyl (C=O) groups excluding carboxylic acids is 3. The lowest BCUT2D eigenvalue weighted by Crippen LogP contribution is -2.48. The number of rotatable bonds is 6. The first-order chi connectivity index (χ1) is 19.0. The summed E-state index contributed by atoms with van der Waals surface area (Å²) in [5, 5.41) is 0. The number of alkyl halides is 3. The molecule has 214 valence electrons. The van der Waals surface area contributed by atoms with Crippen LogP contribution in [0.15, 0.2) is 42.5 Å². The number of halogens is 3. The van der Waals surface area contributed by atoms with E-state index in [-0.39, 0.29) is 48.3 Å². The summed E-state index contributed by atoms with van der Waals surface area (Å²) in [4.78, 5) is 45.1. The Kier molecular flexibility index (Phi) is 7.79. The van der Waals surface area contributed by atoms with E-state index in [1.165, 1.54) is 24.3 Å². The van der Waals surface area contributed by atoms with Crippen LogP contribution in [0.25, 0.3) is 0 Å².